The van der Waals surface area contributed by atoms with E-state index in [1.54, 1.807) is 30.7 Å². The molecule has 0 fully saturated rings. The fourth-order valence-electron chi connectivity index (χ4n) is 7.71. The number of allylic oxidation sites excluding steroid dienone is 2. The molecule has 6 heteroatoms. The van der Waals surface area contributed by atoms with Crippen LogP contribution >= 0.6 is 0 Å². The summed E-state index contributed by atoms with van der Waals surface area (Å²) in [5.41, 5.74) is 17.9. The highest BCUT2D eigenvalue weighted by atomic mass is 14.8. The molecule has 0 saturated heterocycles. The highest BCUT2D eigenvalue weighted by Gasteiger charge is 2.17. The average Bonchev–Trinajstić information content (AvgIpc) is 3.39. The van der Waals surface area contributed by atoms with Crippen LogP contribution in [0.3, 0.4) is 0 Å². The van der Waals surface area contributed by atoms with E-state index < -0.39 is 0 Å². The Labute approximate surface area is 373 Å². The molecule has 304 valence electrons. The Morgan fingerprint density at radius 2 is 0.500 bits per heavy atom. The number of hydrogen-bond donors (Lipinski definition) is 0. The Bertz CT molecular complexity index is 2800. The van der Waals surface area contributed by atoms with Crippen LogP contribution < -0.4 is 0 Å². The third-order valence-corrected chi connectivity index (χ3v) is 10.8. The summed E-state index contributed by atoms with van der Waals surface area (Å²) in [5.74, 6) is 0. The second-order valence-electron chi connectivity index (χ2n) is 14.8. The summed E-state index contributed by atoms with van der Waals surface area (Å²) in [6.07, 6.45) is 14.5. The monoisotopic (exact) mass is 822 g/mol. The molecular weight excluding hydrogens is 781 g/mol. The van der Waals surface area contributed by atoms with Gasteiger partial charge in [-0.2, -0.15) is 0 Å². The number of pyridine rings is 6. The molecule has 4 aromatic carbocycles. The third kappa shape index (κ3) is 8.98. The van der Waals surface area contributed by atoms with E-state index in [0.717, 1.165) is 101 Å². The molecule has 6 heterocycles. The zero-order valence-corrected chi connectivity index (χ0v) is 35.0. The fraction of sp³-hybridized carbons (Fsp3) is 0. The van der Waals surface area contributed by atoms with Crippen molar-refractivity contribution in [1.29, 1.82) is 0 Å². The highest BCUT2D eigenvalue weighted by molar-refractivity contribution is 5.94. The van der Waals surface area contributed by atoms with E-state index in [9.17, 15) is 0 Å². The molecule has 64 heavy (non-hydrogen) atoms. The first kappa shape index (κ1) is 40.7. The molecule has 10 rings (SSSR count). The summed E-state index contributed by atoms with van der Waals surface area (Å²) < 4.78 is 0. The number of benzene rings is 4. The van der Waals surface area contributed by atoms with E-state index in [1.807, 2.05) is 91.4 Å². The van der Waals surface area contributed by atoms with Gasteiger partial charge in [0.15, 0.2) is 0 Å². The van der Waals surface area contributed by atoms with Crippen molar-refractivity contribution in [1.82, 2.24) is 29.9 Å². The lowest BCUT2D eigenvalue weighted by atomic mass is 9.86. The molecule has 0 spiro atoms. The van der Waals surface area contributed by atoms with Gasteiger partial charge in [-0.3, -0.25) is 29.9 Å². The van der Waals surface area contributed by atoms with Crippen LogP contribution in [0.25, 0.3) is 101 Å². The van der Waals surface area contributed by atoms with Crippen LogP contribution in [0.5, 0.6) is 0 Å². The molecule has 0 aliphatic carbocycles. The lowest BCUT2D eigenvalue weighted by Gasteiger charge is -2.18. The SMILES string of the molecule is C=CC=C.c1ccc(-c2ccc(-c3ccccc3-c3cc(-c4ccccc4-c4ccc(-c5ccccn5)nc4)cc(-c4ccccc4-c4ccc(-c5ccccn5)nc4)c3)cn2)nc1. The number of aromatic nitrogens is 6. The lowest BCUT2D eigenvalue weighted by Crippen LogP contribution is -1.93. The Morgan fingerprint density at radius 3 is 0.719 bits per heavy atom. The minimum Gasteiger partial charge on any atom is -0.255 e. The molecule has 0 saturated carbocycles. The Balaban J connectivity index is 0.00000125. The summed E-state index contributed by atoms with van der Waals surface area (Å²) in [7, 11) is 0. The van der Waals surface area contributed by atoms with E-state index in [1.165, 1.54) is 0 Å². The van der Waals surface area contributed by atoms with Crippen molar-refractivity contribution in [3.05, 3.63) is 244 Å². The zero-order chi connectivity index (χ0) is 43.5. The number of hydrogen-bond acceptors (Lipinski definition) is 6. The van der Waals surface area contributed by atoms with Crippen molar-refractivity contribution in [3.8, 4) is 101 Å². The fourth-order valence-corrected chi connectivity index (χ4v) is 7.71. The number of rotatable bonds is 10. The first-order valence-corrected chi connectivity index (χ1v) is 21.0. The molecule has 0 unspecified atom stereocenters. The third-order valence-electron chi connectivity index (χ3n) is 10.8. The molecule has 0 atom stereocenters. The van der Waals surface area contributed by atoms with Gasteiger partial charge in [0.2, 0.25) is 0 Å². The van der Waals surface area contributed by atoms with Gasteiger partial charge in [0.25, 0.3) is 0 Å². The van der Waals surface area contributed by atoms with Crippen LogP contribution in [-0.2, 0) is 0 Å². The molecule has 6 aromatic heterocycles. The maximum absolute atomic E-state index is 4.85. The predicted molar refractivity (Wildman–Crippen MR) is 263 cm³/mol. The van der Waals surface area contributed by atoms with Crippen LogP contribution in [0.1, 0.15) is 0 Å². The highest BCUT2D eigenvalue weighted by Crippen LogP contribution is 2.42. The van der Waals surface area contributed by atoms with Gasteiger partial charge < -0.3 is 0 Å². The van der Waals surface area contributed by atoms with Crippen molar-refractivity contribution in [2.24, 2.45) is 0 Å². The smallest absolute Gasteiger partial charge is 0.0886 e. The van der Waals surface area contributed by atoms with Crippen molar-refractivity contribution >= 4 is 0 Å². The molecule has 0 bridgehead atoms. The van der Waals surface area contributed by atoms with Gasteiger partial charge in [0.1, 0.15) is 0 Å². The largest absolute Gasteiger partial charge is 0.255 e. The Kier molecular flexibility index (Phi) is 12.3. The quantitative estimate of drug-likeness (QED) is 0.128. The van der Waals surface area contributed by atoms with Gasteiger partial charge in [-0.05, 0) is 123 Å². The minimum atomic E-state index is 0.833. The molecule has 10 aromatic rings. The molecule has 0 radical (unpaired) electrons. The van der Waals surface area contributed by atoms with Crippen LogP contribution in [0, 0.1) is 0 Å². The van der Waals surface area contributed by atoms with Gasteiger partial charge >= 0.3 is 0 Å². The van der Waals surface area contributed by atoms with Gasteiger partial charge in [0, 0.05) is 53.9 Å². The topological polar surface area (TPSA) is 77.3 Å². The normalized spacial score (nSPS) is 10.6. The lowest BCUT2D eigenvalue weighted by molar-refractivity contribution is 1.25. The van der Waals surface area contributed by atoms with Gasteiger partial charge in [-0.25, -0.2) is 0 Å². The minimum absolute atomic E-state index is 0.833. The van der Waals surface area contributed by atoms with Gasteiger partial charge in [0.05, 0.1) is 34.2 Å². The van der Waals surface area contributed by atoms with E-state index in [0.29, 0.717) is 0 Å². The Hall–Kier alpha value is -8.74. The van der Waals surface area contributed by atoms with E-state index >= 15 is 0 Å². The summed E-state index contributed by atoms with van der Waals surface area (Å²) in [6, 6.07) is 62.8. The van der Waals surface area contributed by atoms with Crippen molar-refractivity contribution < 1.29 is 0 Å². The van der Waals surface area contributed by atoms with Crippen molar-refractivity contribution in [3.63, 3.8) is 0 Å². The van der Waals surface area contributed by atoms with Crippen LogP contribution in [0.2, 0.25) is 0 Å². The van der Waals surface area contributed by atoms with Crippen molar-refractivity contribution in [2.45, 2.75) is 0 Å². The molecular formula is C58H42N6. The molecule has 6 nitrogen and oxygen atoms in total. The maximum atomic E-state index is 4.85. The predicted octanol–water partition coefficient (Wildman–Crippen LogP) is 14.4. The standard InChI is InChI=1S/C54H36N6.C4H6/c1-4-16-46(43(13-1)37-22-25-52(58-34-37)49-19-7-10-28-55-49)40-31-41(47-17-5-2-14-44(47)38-23-26-53(59-35-38)50-20-8-11-29-56-50)33-42(32-40)48-18-6-3-15-45(48)39-24-27-54(60-36-39)51-21-9-12-30-57-51;1-3-4-2/h1-36H;3-4H,1-2H2. The molecule has 0 aliphatic rings. The molecule has 0 N–H and O–H groups in total. The van der Waals surface area contributed by atoms with E-state index in [4.69, 9.17) is 15.0 Å². The zero-order valence-electron chi connectivity index (χ0n) is 35.0. The van der Waals surface area contributed by atoms with E-state index in [-0.39, 0.29) is 0 Å². The summed E-state index contributed by atoms with van der Waals surface area (Å²) in [5, 5.41) is 0. The second-order valence-corrected chi connectivity index (χ2v) is 14.8. The average molecular weight is 823 g/mol. The van der Waals surface area contributed by atoms with E-state index in [2.05, 4.69) is 137 Å². The maximum Gasteiger partial charge on any atom is 0.0886 e. The summed E-state index contributed by atoms with van der Waals surface area (Å²) in [6.45, 7) is 6.72. The summed E-state index contributed by atoms with van der Waals surface area (Å²) in [4.78, 5) is 28.1. The summed E-state index contributed by atoms with van der Waals surface area (Å²) >= 11 is 0. The Morgan fingerprint density at radius 1 is 0.250 bits per heavy atom. The molecule has 0 amide bonds. The first-order valence-electron chi connectivity index (χ1n) is 21.0. The van der Waals surface area contributed by atoms with Gasteiger partial charge in [-0.1, -0.05) is 135 Å². The van der Waals surface area contributed by atoms with Crippen LogP contribution in [-0.4, -0.2) is 29.9 Å². The van der Waals surface area contributed by atoms with Crippen LogP contribution in [0.4, 0.5) is 0 Å². The molecule has 0 aliphatic heterocycles. The second kappa shape index (κ2) is 19.3. The van der Waals surface area contributed by atoms with Gasteiger partial charge in [-0.15, -0.1) is 0 Å². The van der Waals surface area contributed by atoms with Crippen molar-refractivity contribution in [2.75, 3.05) is 0 Å². The first-order chi connectivity index (χ1) is 31.7. The van der Waals surface area contributed by atoms with Crippen LogP contribution in [0.15, 0.2) is 244 Å². The number of nitrogens with zero attached hydrogens (tertiary/aromatic N) is 6.